The molecule has 0 aliphatic rings. The van der Waals surface area contributed by atoms with Crippen molar-refractivity contribution in [3.63, 3.8) is 0 Å². The number of aliphatic carboxylic acids is 1. The van der Waals surface area contributed by atoms with E-state index in [4.69, 9.17) is 5.11 Å². The normalized spacial score (nSPS) is 13.8. The third-order valence-electron chi connectivity index (χ3n) is 3.06. The van der Waals surface area contributed by atoms with E-state index in [-0.39, 0.29) is 5.91 Å². The summed E-state index contributed by atoms with van der Waals surface area (Å²) in [5.74, 6) is -3.27. The van der Waals surface area contributed by atoms with Gasteiger partial charge in [-0.15, -0.1) is 0 Å². The standard InChI is InChI=1S/C13H16FNO3/c1-8(9(2)13(17)18)12(16)15(3)11-6-4-5-10(14)7-11/h4-9H,1-3H3,(H,17,18). The lowest BCUT2D eigenvalue weighted by Crippen LogP contribution is -2.36. The van der Waals surface area contributed by atoms with Gasteiger partial charge in [0.1, 0.15) is 5.82 Å². The van der Waals surface area contributed by atoms with Gasteiger partial charge in [-0.05, 0) is 18.2 Å². The fourth-order valence-corrected chi connectivity index (χ4v) is 1.55. The summed E-state index contributed by atoms with van der Waals surface area (Å²) in [6.45, 7) is 3.03. The predicted molar refractivity (Wildman–Crippen MR) is 65.8 cm³/mol. The number of rotatable bonds is 4. The molecular weight excluding hydrogens is 237 g/mol. The zero-order chi connectivity index (χ0) is 13.9. The SMILES string of the molecule is CC(C(=O)O)C(C)C(=O)N(C)c1cccc(F)c1. The molecule has 1 aromatic carbocycles. The van der Waals surface area contributed by atoms with Gasteiger partial charge in [0.2, 0.25) is 5.91 Å². The minimum absolute atomic E-state index is 0.351. The third kappa shape index (κ3) is 3.06. The van der Waals surface area contributed by atoms with Gasteiger partial charge in [-0.3, -0.25) is 9.59 Å². The van der Waals surface area contributed by atoms with E-state index in [9.17, 15) is 14.0 Å². The van der Waals surface area contributed by atoms with Gasteiger partial charge in [-0.25, -0.2) is 4.39 Å². The van der Waals surface area contributed by atoms with Crippen LogP contribution in [-0.4, -0.2) is 24.0 Å². The minimum atomic E-state index is -1.02. The molecule has 4 nitrogen and oxygen atoms in total. The van der Waals surface area contributed by atoms with Crippen LogP contribution in [0.1, 0.15) is 13.8 Å². The van der Waals surface area contributed by atoms with Crippen molar-refractivity contribution in [2.24, 2.45) is 11.8 Å². The van der Waals surface area contributed by atoms with Crippen LogP contribution in [0.5, 0.6) is 0 Å². The molecule has 0 saturated carbocycles. The lowest BCUT2D eigenvalue weighted by atomic mass is 9.94. The molecule has 0 aliphatic carbocycles. The molecule has 0 aliphatic heterocycles. The molecule has 2 unspecified atom stereocenters. The van der Waals surface area contributed by atoms with E-state index < -0.39 is 23.6 Å². The summed E-state index contributed by atoms with van der Waals surface area (Å²) in [5.41, 5.74) is 0.407. The summed E-state index contributed by atoms with van der Waals surface area (Å²) >= 11 is 0. The smallest absolute Gasteiger partial charge is 0.307 e. The first kappa shape index (κ1) is 14.2. The topological polar surface area (TPSA) is 57.6 Å². The van der Waals surface area contributed by atoms with Crippen molar-refractivity contribution >= 4 is 17.6 Å². The maximum atomic E-state index is 13.0. The average Bonchev–Trinajstić information content (AvgIpc) is 2.35. The first-order chi connectivity index (χ1) is 8.34. The largest absolute Gasteiger partial charge is 0.481 e. The van der Waals surface area contributed by atoms with E-state index in [1.54, 1.807) is 13.0 Å². The van der Waals surface area contributed by atoms with E-state index in [0.29, 0.717) is 5.69 Å². The molecule has 2 atom stereocenters. The van der Waals surface area contributed by atoms with Crippen molar-refractivity contribution in [3.05, 3.63) is 30.1 Å². The number of halogens is 1. The number of carbonyl (C=O) groups is 2. The molecule has 5 heteroatoms. The Labute approximate surface area is 105 Å². The average molecular weight is 253 g/mol. The highest BCUT2D eigenvalue weighted by atomic mass is 19.1. The Hall–Kier alpha value is -1.91. The van der Waals surface area contributed by atoms with E-state index in [0.717, 1.165) is 0 Å². The summed E-state index contributed by atoms with van der Waals surface area (Å²) in [6, 6.07) is 5.61. The number of anilines is 1. The second-order valence-corrected chi connectivity index (χ2v) is 4.29. The maximum Gasteiger partial charge on any atom is 0.307 e. The number of carboxylic acids is 1. The van der Waals surface area contributed by atoms with E-state index in [1.165, 1.54) is 37.1 Å². The van der Waals surface area contributed by atoms with Gasteiger partial charge in [0.05, 0.1) is 5.92 Å². The zero-order valence-electron chi connectivity index (χ0n) is 10.6. The van der Waals surface area contributed by atoms with Crippen molar-refractivity contribution in [2.75, 3.05) is 11.9 Å². The van der Waals surface area contributed by atoms with Crippen LogP contribution >= 0.6 is 0 Å². The highest BCUT2D eigenvalue weighted by molar-refractivity contribution is 5.96. The van der Waals surface area contributed by atoms with Gasteiger partial charge in [0.15, 0.2) is 0 Å². The number of amides is 1. The summed E-state index contributed by atoms with van der Waals surface area (Å²) in [6.07, 6.45) is 0. The van der Waals surface area contributed by atoms with Crippen LogP contribution in [0.3, 0.4) is 0 Å². The Bertz CT molecular complexity index is 461. The maximum absolute atomic E-state index is 13.0. The molecule has 0 radical (unpaired) electrons. The van der Waals surface area contributed by atoms with Crippen LogP contribution in [0.4, 0.5) is 10.1 Å². The highest BCUT2D eigenvalue weighted by Crippen LogP contribution is 2.20. The van der Waals surface area contributed by atoms with Gasteiger partial charge in [-0.1, -0.05) is 19.9 Å². The van der Waals surface area contributed by atoms with Crippen molar-refractivity contribution < 1.29 is 19.1 Å². The molecule has 0 spiro atoms. The summed E-state index contributed by atoms with van der Waals surface area (Å²) in [4.78, 5) is 24.1. The Morgan fingerprint density at radius 2 is 1.89 bits per heavy atom. The third-order valence-corrected chi connectivity index (χ3v) is 3.06. The van der Waals surface area contributed by atoms with Gasteiger partial charge in [-0.2, -0.15) is 0 Å². The zero-order valence-corrected chi connectivity index (χ0v) is 10.6. The molecule has 0 bridgehead atoms. The molecule has 0 saturated heterocycles. The van der Waals surface area contributed by atoms with Gasteiger partial charge < -0.3 is 10.0 Å². The Balaban J connectivity index is 2.87. The van der Waals surface area contributed by atoms with Gasteiger partial charge in [0.25, 0.3) is 0 Å². The predicted octanol–water partition coefficient (Wildman–Crippen LogP) is 2.15. The fraction of sp³-hybridized carbons (Fsp3) is 0.385. The Morgan fingerprint density at radius 1 is 1.28 bits per heavy atom. The van der Waals surface area contributed by atoms with Crippen molar-refractivity contribution in [1.82, 2.24) is 0 Å². The number of nitrogens with zero attached hydrogens (tertiary/aromatic N) is 1. The Morgan fingerprint density at radius 3 is 2.39 bits per heavy atom. The van der Waals surface area contributed by atoms with Gasteiger partial charge in [0, 0.05) is 18.7 Å². The molecule has 1 aromatic rings. The van der Waals surface area contributed by atoms with Crippen molar-refractivity contribution in [3.8, 4) is 0 Å². The van der Waals surface area contributed by atoms with Crippen molar-refractivity contribution in [1.29, 1.82) is 0 Å². The lowest BCUT2D eigenvalue weighted by molar-refractivity contribution is -0.145. The molecule has 0 aromatic heterocycles. The van der Waals surface area contributed by atoms with Crippen molar-refractivity contribution in [2.45, 2.75) is 13.8 Å². The van der Waals surface area contributed by atoms with Crippen LogP contribution in [0, 0.1) is 17.7 Å². The lowest BCUT2D eigenvalue weighted by Gasteiger charge is -2.23. The van der Waals surface area contributed by atoms with E-state index >= 15 is 0 Å². The molecule has 0 fully saturated rings. The second-order valence-electron chi connectivity index (χ2n) is 4.29. The second kappa shape index (κ2) is 5.62. The molecule has 1 rings (SSSR count). The molecule has 1 N–H and O–H groups in total. The summed E-state index contributed by atoms with van der Waals surface area (Å²) < 4.78 is 13.0. The Kier molecular flexibility index (Phi) is 4.42. The minimum Gasteiger partial charge on any atom is -0.481 e. The van der Waals surface area contributed by atoms with E-state index in [1.807, 2.05) is 0 Å². The van der Waals surface area contributed by atoms with Crippen LogP contribution in [0.15, 0.2) is 24.3 Å². The molecule has 1 amide bonds. The summed E-state index contributed by atoms with van der Waals surface area (Å²) in [5, 5.41) is 8.87. The highest BCUT2D eigenvalue weighted by Gasteiger charge is 2.28. The van der Waals surface area contributed by atoms with Gasteiger partial charge >= 0.3 is 5.97 Å². The molecular formula is C13H16FNO3. The number of hydrogen-bond donors (Lipinski definition) is 1. The quantitative estimate of drug-likeness (QED) is 0.894. The number of hydrogen-bond acceptors (Lipinski definition) is 2. The monoisotopic (exact) mass is 253 g/mol. The van der Waals surface area contributed by atoms with Crippen LogP contribution in [0.2, 0.25) is 0 Å². The summed E-state index contributed by atoms with van der Waals surface area (Å²) in [7, 11) is 1.50. The van der Waals surface area contributed by atoms with Crippen LogP contribution < -0.4 is 4.90 Å². The molecule has 18 heavy (non-hydrogen) atoms. The van der Waals surface area contributed by atoms with Crippen LogP contribution in [-0.2, 0) is 9.59 Å². The molecule has 0 heterocycles. The fourth-order valence-electron chi connectivity index (χ4n) is 1.55. The first-order valence-corrected chi connectivity index (χ1v) is 5.60. The number of carbonyl (C=O) groups excluding carboxylic acids is 1. The van der Waals surface area contributed by atoms with E-state index in [2.05, 4.69) is 0 Å². The molecule has 98 valence electrons. The number of carboxylic acid groups (broad SMARTS) is 1. The number of benzene rings is 1. The first-order valence-electron chi connectivity index (χ1n) is 5.60. The van der Waals surface area contributed by atoms with Crippen LogP contribution in [0.25, 0.3) is 0 Å².